The molecule has 0 spiro atoms. The largest absolute Gasteiger partial charge is 0.493 e. The Morgan fingerprint density at radius 3 is 2.65 bits per heavy atom. The van der Waals surface area contributed by atoms with Gasteiger partial charge in [0.2, 0.25) is 5.56 Å². The Hall–Kier alpha value is -2.31. The number of Topliss-reactive ketones (excluding diaryl/α,β-unsaturated/α-hetero) is 1. The number of H-pyrrole nitrogens is 1. The number of aromatic nitrogens is 1. The van der Waals surface area contributed by atoms with Crippen LogP contribution in [-0.2, 0) is 12.8 Å². The predicted octanol–water partition coefficient (Wildman–Crippen LogP) is 4.01. The first-order chi connectivity index (χ1) is 14.6. The number of carbonyl (C=O) groups is 1. The number of hydrogen-bond acceptors (Lipinski definition) is 5. The Bertz CT molecular complexity index is 988. The van der Waals surface area contributed by atoms with Crippen LogP contribution in [0.25, 0.3) is 0 Å². The van der Waals surface area contributed by atoms with Crippen molar-refractivity contribution in [3.05, 3.63) is 57.0 Å². The van der Waals surface area contributed by atoms with E-state index in [1.165, 1.54) is 5.56 Å². The highest BCUT2D eigenvalue weighted by atomic mass is 35.5. The molecule has 0 saturated carbocycles. The van der Waals surface area contributed by atoms with E-state index in [-0.39, 0.29) is 29.7 Å². The molecule has 0 amide bonds. The molecule has 0 aliphatic heterocycles. The van der Waals surface area contributed by atoms with Gasteiger partial charge in [-0.25, -0.2) is 0 Å². The fourth-order valence-corrected chi connectivity index (χ4v) is 4.83. The summed E-state index contributed by atoms with van der Waals surface area (Å²) in [7, 11) is 3.21. The van der Waals surface area contributed by atoms with Gasteiger partial charge in [0.05, 0.1) is 14.2 Å². The van der Waals surface area contributed by atoms with Gasteiger partial charge in [-0.1, -0.05) is 12.5 Å². The molecule has 2 N–H and O–H groups in total. The molecule has 2 aliphatic rings. The lowest BCUT2D eigenvalue weighted by atomic mass is 9.91. The second-order valence-electron chi connectivity index (χ2n) is 8.28. The van der Waals surface area contributed by atoms with Crippen LogP contribution in [-0.4, -0.2) is 31.5 Å². The highest BCUT2D eigenvalue weighted by Gasteiger charge is 2.31. The summed E-state index contributed by atoms with van der Waals surface area (Å²) >= 11 is 0. The molecule has 1 aromatic carbocycles. The molecule has 0 bridgehead atoms. The average Bonchev–Trinajstić information content (AvgIpc) is 3.06. The Labute approximate surface area is 189 Å². The van der Waals surface area contributed by atoms with E-state index in [1.54, 1.807) is 20.3 Å². The minimum absolute atomic E-state index is 0. The molecule has 2 aliphatic carbocycles. The van der Waals surface area contributed by atoms with Crippen molar-refractivity contribution in [1.82, 2.24) is 10.3 Å². The smallest absolute Gasteiger partial charge is 0.248 e. The monoisotopic (exact) mass is 446 g/mol. The Morgan fingerprint density at radius 1 is 1.10 bits per heavy atom. The molecule has 1 unspecified atom stereocenters. The van der Waals surface area contributed by atoms with E-state index < -0.39 is 0 Å². The highest BCUT2D eigenvalue weighted by molar-refractivity contribution is 6.02. The van der Waals surface area contributed by atoms with Crippen LogP contribution in [0.2, 0.25) is 0 Å². The number of ether oxygens (including phenoxy) is 2. The summed E-state index contributed by atoms with van der Waals surface area (Å²) in [5, 5.41) is 3.64. The second kappa shape index (κ2) is 10.3. The summed E-state index contributed by atoms with van der Waals surface area (Å²) in [6, 6.07) is 7.65. The highest BCUT2D eigenvalue weighted by Crippen LogP contribution is 2.38. The van der Waals surface area contributed by atoms with Crippen molar-refractivity contribution in [2.24, 2.45) is 5.92 Å². The number of rotatable bonds is 8. The van der Waals surface area contributed by atoms with Crippen molar-refractivity contribution < 1.29 is 14.3 Å². The maximum Gasteiger partial charge on any atom is 0.248 e. The average molecular weight is 447 g/mol. The molecule has 2 atom stereocenters. The zero-order valence-corrected chi connectivity index (χ0v) is 19.0. The maximum atomic E-state index is 12.8. The quantitative estimate of drug-likeness (QED) is 0.599. The first kappa shape index (κ1) is 23.4. The Morgan fingerprint density at radius 2 is 1.87 bits per heavy atom. The third-order valence-electron chi connectivity index (χ3n) is 6.41. The molecule has 1 aromatic heterocycles. The van der Waals surface area contributed by atoms with Crippen molar-refractivity contribution in [3.63, 3.8) is 0 Å². The standard InChI is InChI=1S/C24H30N2O4.ClH/c1-29-21-13-16-12-15(24(28)18(16)14-22(21)30-2)6-3-4-11-25-19-7-5-8-20-17(19)9-10-23(27)26-20;/h9-10,13-15,19,25H,3-8,11-12H2,1-2H3,(H,26,27);1H/t15?,19-;/m1./s1. The summed E-state index contributed by atoms with van der Waals surface area (Å²) in [4.78, 5) is 27.3. The number of methoxy groups -OCH3 is 2. The third-order valence-corrected chi connectivity index (χ3v) is 6.41. The van der Waals surface area contributed by atoms with Crippen molar-refractivity contribution in [2.45, 2.75) is 51.0 Å². The van der Waals surface area contributed by atoms with Crippen LogP contribution in [0.1, 0.15) is 65.3 Å². The van der Waals surface area contributed by atoms with Gasteiger partial charge in [0, 0.05) is 29.3 Å². The number of fused-ring (bicyclic) bond motifs is 2. The minimum atomic E-state index is -0.0214. The zero-order chi connectivity index (χ0) is 21.1. The van der Waals surface area contributed by atoms with E-state index in [0.717, 1.165) is 68.3 Å². The molecule has 168 valence electrons. The molecular weight excluding hydrogens is 416 g/mol. The normalized spacial score (nSPS) is 19.4. The van der Waals surface area contributed by atoms with E-state index >= 15 is 0 Å². The van der Waals surface area contributed by atoms with E-state index in [9.17, 15) is 9.59 Å². The second-order valence-corrected chi connectivity index (χ2v) is 8.28. The number of aromatic amines is 1. The van der Waals surface area contributed by atoms with Crippen LogP contribution in [0.3, 0.4) is 0 Å². The van der Waals surface area contributed by atoms with Crippen LogP contribution in [0, 0.1) is 5.92 Å². The molecule has 0 fully saturated rings. The molecule has 6 nitrogen and oxygen atoms in total. The lowest BCUT2D eigenvalue weighted by Crippen LogP contribution is -2.28. The topological polar surface area (TPSA) is 80.4 Å². The third kappa shape index (κ3) is 4.96. The van der Waals surface area contributed by atoms with E-state index in [2.05, 4.69) is 10.3 Å². The van der Waals surface area contributed by atoms with Crippen LogP contribution in [0.5, 0.6) is 11.5 Å². The molecule has 1 heterocycles. The number of aryl methyl sites for hydroxylation is 1. The van der Waals surface area contributed by atoms with E-state index in [4.69, 9.17) is 9.47 Å². The van der Waals surface area contributed by atoms with Gasteiger partial charge in [-0.3, -0.25) is 9.59 Å². The van der Waals surface area contributed by atoms with Gasteiger partial charge in [-0.15, -0.1) is 12.4 Å². The van der Waals surface area contributed by atoms with E-state index in [0.29, 0.717) is 17.5 Å². The molecule has 0 radical (unpaired) electrons. The van der Waals surface area contributed by atoms with Crippen molar-refractivity contribution in [1.29, 1.82) is 0 Å². The molecule has 31 heavy (non-hydrogen) atoms. The number of carbonyl (C=O) groups excluding carboxylic acids is 1. The van der Waals surface area contributed by atoms with Crippen molar-refractivity contribution in [3.8, 4) is 11.5 Å². The Balaban J connectivity index is 0.00000272. The molecule has 7 heteroatoms. The van der Waals surface area contributed by atoms with Crippen molar-refractivity contribution in [2.75, 3.05) is 20.8 Å². The molecule has 2 aromatic rings. The van der Waals surface area contributed by atoms with Gasteiger partial charge in [0.25, 0.3) is 0 Å². The fraction of sp³-hybridized carbons (Fsp3) is 0.500. The van der Waals surface area contributed by atoms with Gasteiger partial charge in [0.1, 0.15) is 0 Å². The lowest BCUT2D eigenvalue weighted by molar-refractivity contribution is 0.0929. The number of ketones is 1. The Kier molecular flexibility index (Phi) is 7.79. The van der Waals surface area contributed by atoms with Gasteiger partial charge >= 0.3 is 0 Å². The zero-order valence-electron chi connectivity index (χ0n) is 18.2. The predicted molar refractivity (Wildman–Crippen MR) is 123 cm³/mol. The fourth-order valence-electron chi connectivity index (χ4n) is 4.83. The number of halogens is 1. The summed E-state index contributed by atoms with van der Waals surface area (Å²) < 4.78 is 10.7. The first-order valence-electron chi connectivity index (χ1n) is 10.8. The van der Waals surface area contributed by atoms with Gasteiger partial charge in [-0.2, -0.15) is 0 Å². The molecule has 0 saturated heterocycles. The SMILES string of the molecule is COc1cc2c(cc1OC)C(=O)C(CCCCN[C@@H]1CCCc3[nH]c(=O)ccc31)C2.Cl. The van der Waals surface area contributed by atoms with Gasteiger partial charge < -0.3 is 19.8 Å². The van der Waals surface area contributed by atoms with Gasteiger partial charge in [0.15, 0.2) is 17.3 Å². The van der Waals surface area contributed by atoms with Gasteiger partial charge in [-0.05, 0) is 68.3 Å². The van der Waals surface area contributed by atoms with E-state index in [1.807, 2.05) is 18.2 Å². The molecule has 4 rings (SSSR count). The number of benzene rings is 1. The summed E-state index contributed by atoms with van der Waals surface area (Å²) in [5.41, 5.74) is 4.13. The molecular formula is C24H31ClN2O4. The van der Waals surface area contributed by atoms with Crippen LogP contribution < -0.4 is 20.3 Å². The number of nitrogens with one attached hydrogen (secondary N) is 2. The summed E-state index contributed by atoms with van der Waals surface area (Å²) in [5.74, 6) is 1.58. The summed E-state index contributed by atoms with van der Waals surface area (Å²) in [6.45, 7) is 0.915. The van der Waals surface area contributed by atoms with Crippen molar-refractivity contribution >= 4 is 18.2 Å². The number of hydrogen-bond donors (Lipinski definition) is 2. The minimum Gasteiger partial charge on any atom is -0.493 e. The van der Waals surface area contributed by atoms with Crippen LogP contribution >= 0.6 is 12.4 Å². The number of pyridine rings is 1. The summed E-state index contributed by atoms with van der Waals surface area (Å²) in [6.07, 6.45) is 6.85. The lowest BCUT2D eigenvalue weighted by Gasteiger charge is -2.26. The first-order valence-corrected chi connectivity index (χ1v) is 10.8. The number of unbranched alkanes of at least 4 members (excludes halogenated alkanes) is 1. The van der Waals surface area contributed by atoms with Crippen LogP contribution in [0.15, 0.2) is 29.1 Å². The maximum absolute atomic E-state index is 12.8. The van der Waals surface area contributed by atoms with Crippen LogP contribution in [0.4, 0.5) is 0 Å².